The summed E-state index contributed by atoms with van der Waals surface area (Å²) in [6.07, 6.45) is 0.401. The Bertz CT molecular complexity index is 810. The van der Waals surface area contributed by atoms with Crippen LogP contribution in [0.4, 0.5) is 4.39 Å². The number of hydrogen-bond donors (Lipinski definition) is 1. The number of benzene rings is 2. The first-order chi connectivity index (χ1) is 10.1. The number of rotatable bonds is 4. The lowest BCUT2D eigenvalue weighted by Crippen LogP contribution is -2.16. The first kappa shape index (κ1) is 13.7. The van der Waals surface area contributed by atoms with E-state index in [2.05, 4.69) is 4.98 Å². The molecule has 0 saturated heterocycles. The van der Waals surface area contributed by atoms with Gasteiger partial charge in [-0.3, -0.25) is 0 Å². The van der Waals surface area contributed by atoms with Crippen molar-refractivity contribution in [2.45, 2.75) is 13.0 Å². The van der Waals surface area contributed by atoms with Crippen LogP contribution in [0.15, 0.2) is 48.5 Å². The van der Waals surface area contributed by atoms with Crippen LogP contribution in [0.5, 0.6) is 0 Å². The average Bonchev–Trinajstić information content (AvgIpc) is 2.78. The van der Waals surface area contributed by atoms with Gasteiger partial charge in [0.1, 0.15) is 11.6 Å². The number of imidazole rings is 1. The summed E-state index contributed by atoms with van der Waals surface area (Å²) in [4.78, 5) is 4.93. The van der Waals surface area contributed by atoms with Crippen molar-refractivity contribution >= 4 is 28.2 Å². The van der Waals surface area contributed by atoms with Gasteiger partial charge in [-0.1, -0.05) is 42.5 Å². The van der Waals surface area contributed by atoms with E-state index in [1.807, 2.05) is 34.9 Å². The number of fused-ring (bicyclic) bond motifs is 1. The zero-order valence-electron chi connectivity index (χ0n) is 11.3. The molecule has 21 heavy (non-hydrogen) atoms. The van der Waals surface area contributed by atoms with Crippen LogP contribution in [-0.4, -0.2) is 14.5 Å². The summed E-state index contributed by atoms with van der Waals surface area (Å²) in [6.45, 7) is 0.408. The van der Waals surface area contributed by atoms with Gasteiger partial charge in [0, 0.05) is 5.56 Å². The molecule has 3 nitrogen and oxygen atoms in total. The van der Waals surface area contributed by atoms with Crippen LogP contribution in [0.1, 0.15) is 11.4 Å². The number of para-hydroxylation sites is 2. The van der Waals surface area contributed by atoms with E-state index in [1.165, 1.54) is 6.07 Å². The van der Waals surface area contributed by atoms with Gasteiger partial charge in [0.05, 0.1) is 29.0 Å². The van der Waals surface area contributed by atoms with E-state index in [0.29, 0.717) is 23.5 Å². The Morgan fingerprint density at radius 3 is 2.62 bits per heavy atom. The molecule has 1 heterocycles. The molecule has 0 bridgehead atoms. The van der Waals surface area contributed by atoms with Crippen molar-refractivity contribution in [1.29, 1.82) is 0 Å². The Labute approximate surface area is 127 Å². The highest BCUT2D eigenvalue weighted by Crippen LogP contribution is 2.19. The van der Waals surface area contributed by atoms with E-state index in [-0.39, 0.29) is 5.82 Å². The monoisotopic (exact) mass is 299 g/mol. The Kier molecular flexibility index (Phi) is 3.66. The van der Waals surface area contributed by atoms with E-state index in [4.69, 9.17) is 18.0 Å². The molecule has 0 fully saturated rings. The van der Waals surface area contributed by atoms with Crippen LogP contribution in [0, 0.1) is 5.82 Å². The summed E-state index contributed by atoms with van der Waals surface area (Å²) in [6, 6.07) is 14.5. The maximum atomic E-state index is 13.9. The summed E-state index contributed by atoms with van der Waals surface area (Å²) in [5.41, 5.74) is 8.07. The fourth-order valence-corrected chi connectivity index (χ4v) is 2.52. The average molecular weight is 299 g/mol. The third-order valence-corrected chi connectivity index (χ3v) is 3.50. The van der Waals surface area contributed by atoms with Gasteiger partial charge in [-0.25, -0.2) is 9.37 Å². The number of thiocarbonyl (C=S) groups is 1. The molecule has 0 radical (unpaired) electrons. The molecule has 0 saturated carbocycles. The molecule has 3 aromatic rings. The number of aromatic nitrogens is 2. The largest absolute Gasteiger partial charge is 0.393 e. The van der Waals surface area contributed by atoms with Crippen LogP contribution in [0.25, 0.3) is 11.0 Å². The summed E-state index contributed by atoms with van der Waals surface area (Å²) in [7, 11) is 0. The van der Waals surface area contributed by atoms with Gasteiger partial charge in [-0.15, -0.1) is 0 Å². The molecule has 0 unspecified atom stereocenters. The molecule has 0 spiro atoms. The zero-order valence-corrected chi connectivity index (χ0v) is 12.1. The molecule has 2 aromatic carbocycles. The molecule has 106 valence electrons. The van der Waals surface area contributed by atoms with Crippen LogP contribution in [0.3, 0.4) is 0 Å². The van der Waals surface area contributed by atoms with E-state index in [9.17, 15) is 4.39 Å². The van der Waals surface area contributed by atoms with E-state index in [0.717, 1.165) is 16.9 Å². The van der Waals surface area contributed by atoms with Gasteiger partial charge < -0.3 is 10.3 Å². The van der Waals surface area contributed by atoms with Gasteiger partial charge in [-0.2, -0.15) is 0 Å². The van der Waals surface area contributed by atoms with Crippen molar-refractivity contribution < 1.29 is 4.39 Å². The van der Waals surface area contributed by atoms with Crippen molar-refractivity contribution in [3.63, 3.8) is 0 Å². The summed E-state index contributed by atoms with van der Waals surface area (Å²) < 4.78 is 15.9. The molecular weight excluding hydrogens is 285 g/mol. The van der Waals surface area contributed by atoms with Crippen molar-refractivity contribution in [2.75, 3.05) is 0 Å². The van der Waals surface area contributed by atoms with Crippen molar-refractivity contribution in [1.82, 2.24) is 9.55 Å². The van der Waals surface area contributed by atoms with Gasteiger partial charge >= 0.3 is 0 Å². The van der Waals surface area contributed by atoms with Crippen molar-refractivity contribution in [2.24, 2.45) is 5.73 Å². The molecule has 2 N–H and O–H groups in total. The lowest BCUT2D eigenvalue weighted by Gasteiger charge is -2.09. The predicted octanol–water partition coefficient (Wildman–Crippen LogP) is 3.05. The number of nitrogens with two attached hydrogens (primary N) is 1. The minimum Gasteiger partial charge on any atom is -0.393 e. The molecule has 0 aliphatic rings. The SMILES string of the molecule is NC(=S)Cc1nc2ccccc2n1Cc1ccccc1F. The second kappa shape index (κ2) is 5.61. The molecule has 0 atom stereocenters. The maximum absolute atomic E-state index is 13.9. The molecule has 5 heteroatoms. The smallest absolute Gasteiger partial charge is 0.128 e. The highest BCUT2D eigenvalue weighted by atomic mass is 32.1. The lowest BCUT2D eigenvalue weighted by molar-refractivity contribution is 0.599. The maximum Gasteiger partial charge on any atom is 0.128 e. The Hall–Kier alpha value is -2.27. The fourth-order valence-electron chi connectivity index (χ4n) is 2.39. The van der Waals surface area contributed by atoms with Gasteiger partial charge in [0.25, 0.3) is 0 Å². The van der Waals surface area contributed by atoms with Crippen LogP contribution >= 0.6 is 12.2 Å². The van der Waals surface area contributed by atoms with E-state index < -0.39 is 0 Å². The second-order valence-electron chi connectivity index (χ2n) is 4.84. The first-order valence-corrected chi connectivity index (χ1v) is 7.02. The topological polar surface area (TPSA) is 43.8 Å². The first-order valence-electron chi connectivity index (χ1n) is 6.61. The second-order valence-corrected chi connectivity index (χ2v) is 5.36. The molecule has 3 rings (SSSR count). The van der Waals surface area contributed by atoms with E-state index in [1.54, 1.807) is 12.1 Å². The van der Waals surface area contributed by atoms with Gasteiger partial charge in [0.2, 0.25) is 0 Å². The van der Waals surface area contributed by atoms with E-state index >= 15 is 0 Å². The summed E-state index contributed by atoms with van der Waals surface area (Å²) in [5, 5.41) is 0. The Morgan fingerprint density at radius 2 is 1.86 bits per heavy atom. The lowest BCUT2D eigenvalue weighted by atomic mass is 10.2. The summed E-state index contributed by atoms with van der Waals surface area (Å²) >= 11 is 4.98. The Morgan fingerprint density at radius 1 is 1.14 bits per heavy atom. The molecule has 1 aromatic heterocycles. The molecular formula is C16H14FN3S. The van der Waals surface area contributed by atoms with Crippen molar-refractivity contribution in [3.8, 4) is 0 Å². The minimum absolute atomic E-state index is 0.225. The highest BCUT2D eigenvalue weighted by Gasteiger charge is 2.13. The van der Waals surface area contributed by atoms with Crippen molar-refractivity contribution in [3.05, 3.63) is 65.7 Å². The number of nitrogens with zero attached hydrogens (tertiary/aromatic N) is 2. The third-order valence-electron chi connectivity index (χ3n) is 3.35. The van der Waals surface area contributed by atoms with Gasteiger partial charge in [-0.05, 0) is 18.2 Å². The Balaban J connectivity index is 2.11. The molecule has 0 amide bonds. The minimum atomic E-state index is -0.225. The molecule has 0 aliphatic heterocycles. The van der Waals surface area contributed by atoms with Crippen LogP contribution in [-0.2, 0) is 13.0 Å². The zero-order chi connectivity index (χ0) is 14.8. The molecule has 0 aliphatic carbocycles. The predicted molar refractivity (Wildman–Crippen MR) is 85.7 cm³/mol. The number of hydrogen-bond acceptors (Lipinski definition) is 2. The van der Waals surface area contributed by atoms with Crippen LogP contribution < -0.4 is 5.73 Å². The normalized spacial score (nSPS) is 10.9. The van der Waals surface area contributed by atoms with Crippen LogP contribution in [0.2, 0.25) is 0 Å². The fraction of sp³-hybridized carbons (Fsp3) is 0.125. The number of halogens is 1. The highest BCUT2D eigenvalue weighted by molar-refractivity contribution is 7.80. The standard InChI is InChI=1S/C16H14FN3S/c17-12-6-2-1-5-11(12)10-20-14-8-4-3-7-13(14)19-16(20)9-15(18)21/h1-8H,9-10H2,(H2,18,21). The van der Waals surface area contributed by atoms with Gasteiger partial charge in [0.15, 0.2) is 0 Å². The quantitative estimate of drug-likeness (QED) is 0.753. The third kappa shape index (κ3) is 2.78. The summed E-state index contributed by atoms with van der Waals surface area (Å²) in [5.74, 6) is 0.531.